The van der Waals surface area contributed by atoms with Crippen LogP contribution in [0.1, 0.15) is 0 Å². The van der Waals surface area contributed by atoms with Gasteiger partial charge in [0.15, 0.2) is 0 Å². The Hall–Kier alpha value is -3.48. The number of pyridine rings is 1. The molecule has 0 spiro atoms. The Bertz CT molecular complexity index is 1190. The van der Waals surface area contributed by atoms with E-state index in [1.165, 1.54) is 21.6 Å². The molecule has 2 heterocycles. The van der Waals surface area contributed by atoms with Crippen LogP contribution >= 0.6 is 7.92 Å². The summed E-state index contributed by atoms with van der Waals surface area (Å²) in [5, 5.41) is 2.68. The number of aromatic amines is 1. The first-order valence-electron chi connectivity index (χ1n) is 10.0. The Morgan fingerprint density at radius 2 is 1.13 bits per heavy atom. The van der Waals surface area contributed by atoms with Crippen molar-refractivity contribution < 1.29 is 0 Å². The van der Waals surface area contributed by atoms with Crippen molar-refractivity contribution in [3.8, 4) is 22.5 Å². The minimum Gasteiger partial charge on any atom is -0.354 e. The SMILES string of the molecule is c1ccc(P(c2ccccc2)c2ccc(-c3ccccc3-c3ccccn3)[nH]2)cc1. The topological polar surface area (TPSA) is 28.7 Å². The van der Waals surface area contributed by atoms with Crippen molar-refractivity contribution in [1.29, 1.82) is 0 Å². The van der Waals surface area contributed by atoms with Crippen LogP contribution in [0.5, 0.6) is 0 Å². The zero-order valence-corrected chi connectivity index (χ0v) is 17.3. The van der Waals surface area contributed by atoms with Crippen LogP contribution in [-0.4, -0.2) is 9.97 Å². The minimum atomic E-state index is -0.651. The van der Waals surface area contributed by atoms with Gasteiger partial charge in [0, 0.05) is 36.4 Å². The molecule has 5 rings (SSSR count). The summed E-state index contributed by atoms with van der Waals surface area (Å²) in [5.41, 5.74) is 5.64. The molecule has 2 aromatic heterocycles. The fourth-order valence-corrected chi connectivity index (χ4v) is 5.97. The fraction of sp³-hybridized carbons (Fsp3) is 0. The number of nitrogens with one attached hydrogen (secondary N) is 1. The van der Waals surface area contributed by atoms with Crippen LogP contribution in [-0.2, 0) is 0 Å². The molecule has 3 heteroatoms. The summed E-state index contributed by atoms with van der Waals surface area (Å²) in [4.78, 5) is 8.30. The summed E-state index contributed by atoms with van der Waals surface area (Å²) in [6.45, 7) is 0. The fourth-order valence-electron chi connectivity index (χ4n) is 3.72. The van der Waals surface area contributed by atoms with Crippen molar-refractivity contribution in [2.75, 3.05) is 0 Å². The molecular formula is C27H21N2P. The predicted molar refractivity (Wildman–Crippen MR) is 128 cm³/mol. The highest BCUT2D eigenvalue weighted by molar-refractivity contribution is 7.79. The lowest BCUT2D eigenvalue weighted by Gasteiger charge is -2.17. The van der Waals surface area contributed by atoms with Gasteiger partial charge in [-0.15, -0.1) is 0 Å². The quantitative estimate of drug-likeness (QED) is 0.385. The van der Waals surface area contributed by atoms with E-state index in [1.807, 2.05) is 18.3 Å². The van der Waals surface area contributed by atoms with Crippen molar-refractivity contribution in [1.82, 2.24) is 9.97 Å². The van der Waals surface area contributed by atoms with Crippen LogP contribution < -0.4 is 16.0 Å². The maximum atomic E-state index is 4.56. The zero-order valence-electron chi connectivity index (χ0n) is 16.4. The molecule has 0 radical (unpaired) electrons. The summed E-state index contributed by atoms with van der Waals surface area (Å²) >= 11 is 0. The van der Waals surface area contributed by atoms with Crippen molar-refractivity contribution >= 4 is 24.0 Å². The van der Waals surface area contributed by atoms with Crippen LogP contribution in [0, 0.1) is 0 Å². The van der Waals surface area contributed by atoms with E-state index < -0.39 is 7.92 Å². The van der Waals surface area contributed by atoms with Crippen molar-refractivity contribution in [3.05, 3.63) is 121 Å². The number of hydrogen-bond donors (Lipinski definition) is 1. The first-order valence-corrected chi connectivity index (χ1v) is 11.3. The van der Waals surface area contributed by atoms with Gasteiger partial charge in [-0.2, -0.15) is 0 Å². The Morgan fingerprint density at radius 3 is 1.77 bits per heavy atom. The number of benzene rings is 3. The highest BCUT2D eigenvalue weighted by atomic mass is 31.1. The Labute approximate surface area is 178 Å². The van der Waals surface area contributed by atoms with Crippen LogP contribution in [0.2, 0.25) is 0 Å². The van der Waals surface area contributed by atoms with E-state index in [0.29, 0.717) is 0 Å². The molecule has 0 atom stereocenters. The van der Waals surface area contributed by atoms with Crippen LogP contribution in [0.3, 0.4) is 0 Å². The highest BCUT2D eigenvalue weighted by Crippen LogP contribution is 2.35. The molecule has 0 aliphatic heterocycles. The first-order chi connectivity index (χ1) is 14.9. The molecule has 0 saturated carbocycles. The largest absolute Gasteiger partial charge is 0.354 e. The molecule has 0 fully saturated rings. The number of nitrogens with zero attached hydrogens (tertiary/aromatic N) is 1. The van der Waals surface area contributed by atoms with Gasteiger partial charge in [0.2, 0.25) is 0 Å². The van der Waals surface area contributed by atoms with Gasteiger partial charge in [0.05, 0.1) is 5.69 Å². The van der Waals surface area contributed by atoms with Gasteiger partial charge >= 0.3 is 0 Å². The lowest BCUT2D eigenvalue weighted by atomic mass is 10.0. The van der Waals surface area contributed by atoms with E-state index >= 15 is 0 Å². The first kappa shape index (κ1) is 18.5. The zero-order chi connectivity index (χ0) is 20.2. The molecule has 2 nitrogen and oxygen atoms in total. The van der Waals surface area contributed by atoms with Gasteiger partial charge in [-0.1, -0.05) is 91.0 Å². The van der Waals surface area contributed by atoms with Crippen LogP contribution in [0.15, 0.2) is 121 Å². The van der Waals surface area contributed by atoms with Gasteiger partial charge in [0.25, 0.3) is 0 Å². The molecule has 0 bridgehead atoms. The van der Waals surface area contributed by atoms with E-state index in [2.05, 4.69) is 113 Å². The smallest absolute Gasteiger partial charge is 0.0708 e. The third-order valence-electron chi connectivity index (χ3n) is 5.10. The van der Waals surface area contributed by atoms with Gasteiger partial charge in [-0.3, -0.25) is 4.98 Å². The molecule has 3 aromatic carbocycles. The van der Waals surface area contributed by atoms with E-state index in [0.717, 1.165) is 17.0 Å². The standard InChI is InChI=1S/C27H21N2P/c1-3-11-21(12-4-1)30(22-13-5-2-6-14-22)27-19-18-26(29-27)24-16-8-7-15-23(24)25-17-9-10-20-28-25/h1-20,29H. The summed E-state index contributed by atoms with van der Waals surface area (Å²) in [5.74, 6) is 0. The maximum absolute atomic E-state index is 4.56. The number of aromatic nitrogens is 2. The Kier molecular flexibility index (Phi) is 5.25. The molecule has 0 amide bonds. The van der Waals surface area contributed by atoms with Gasteiger partial charge in [-0.05, 0) is 34.9 Å². The third kappa shape index (κ3) is 3.70. The lowest BCUT2D eigenvalue weighted by molar-refractivity contribution is 1.32. The molecule has 0 aliphatic carbocycles. The van der Waals surface area contributed by atoms with Crippen molar-refractivity contribution in [2.45, 2.75) is 0 Å². The number of rotatable bonds is 5. The molecule has 30 heavy (non-hydrogen) atoms. The summed E-state index contributed by atoms with van der Waals surface area (Å²) in [7, 11) is -0.651. The average Bonchev–Trinajstić information content (AvgIpc) is 3.31. The van der Waals surface area contributed by atoms with E-state index in [1.54, 1.807) is 0 Å². The number of hydrogen-bond acceptors (Lipinski definition) is 1. The molecule has 0 unspecified atom stereocenters. The molecular weight excluding hydrogens is 383 g/mol. The molecule has 5 aromatic rings. The van der Waals surface area contributed by atoms with Gasteiger partial charge in [-0.25, -0.2) is 0 Å². The maximum Gasteiger partial charge on any atom is 0.0708 e. The second-order valence-electron chi connectivity index (χ2n) is 7.02. The molecule has 1 N–H and O–H groups in total. The monoisotopic (exact) mass is 404 g/mol. The van der Waals surface area contributed by atoms with E-state index in [4.69, 9.17) is 0 Å². The molecule has 144 valence electrons. The second-order valence-corrected chi connectivity index (χ2v) is 9.21. The predicted octanol–water partition coefficient (Wildman–Crippen LogP) is 5.50. The van der Waals surface area contributed by atoms with Crippen LogP contribution in [0.4, 0.5) is 0 Å². The Morgan fingerprint density at radius 1 is 0.533 bits per heavy atom. The summed E-state index contributed by atoms with van der Waals surface area (Å²) in [6.07, 6.45) is 1.84. The Balaban J connectivity index is 1.60. The van der Waals surface area contributed by atoms with E-state index in [9.17, 15) is 0 Å². The van der Waals surface area contributed by atoms with Gasteiger partial charge in [0.1, 0.15) is 0 Å². The summed E-state index contributed by atoms with van der Waals surface area (Å²) < 4.78 is 0. The van der Waals surface area contributed by atoms with Crippen molar-refractivity contribution in [3.63, 3.8) is 0 Å². The molecule has 0 saturated heterocycles. The average molecular weight is 404 g/mol. The van der Waals surface area contributed by atoms with E-state index in [-0.39, 0.29) is 0 Å². The van der Waals surface area contributed by atoms with Crippen LogP contribution in [0.25, 0.3) is 22.5 Å². The van der Waals surface area contributed by atoms with Crippen molar-refractivity contribution in [2.24, 2.45) is 0 Å². The summed E-state index contributed by atoms with van der Waals surface area (Å²) in [6, 6.07) is 40.4. The lowest BCUT2D eigenvalue weighted by Crippen LogP contribution is -2.21. The molecule has 0 aliphatic rings. The normalized spacial score (nSPS) is 11.0. The second kappa shape index (κ2) is 8.49. The third-order valence-corrected chi connectivity index (χ3v) is 7.47. The minimum absolute atomic E-state index is 0.651. The highest BCUT2D eigenvalue weighted by Gasteiger charge is 2.19. The number of H-pyrrole nitrogens is 1. The van der Waals surface area contributed by atoms with Gasteiger partial charge < -0.3 is 4.98 Å².